The van der Waals surface area contributed by atoms with Crippen molar-refractivity contribution < 1.29 is 9.53 Å². The van der Waals surface area contributed by atoms with E-state index in [1.54, 1.807) is 14.0 Å². The molecule has 0 spiro atoms. The van der Waals surface area contributed by atoms with E-state index in [-0.39, 0.29) is 11.8 Å². The fourth-order valence-electron chi connectivity index (χ4n) is 5.06. The quantitative estimate of drug-likeness (QED) is 0.358. The van der Waals surface area contributed by atoms with E-state index in [0.29, 0.717) is 0 Å². The number of piperidine rings is 1. The Kier molecular flexibility index (Phi) is 7.64. The Morgan fingerprint density at radius 2 is 1.76 bits per heavy atom. The summed E-state index contributed by atoms with van der Waals surface area (Å²) in [5, 5.41) is 0. The van der Waals surface area contributed by atoms with Gasteiger partial charge in [0.1, 0.15) is 11.5 Å². The molecule has 3 nitrogen and oxygen atoms in total. The maximum atomic E-state index is 12.2. The summed E-state index contributed by atoms with van der Waals surface area (Å²) < 4.78 is 5.79. The number of ether oxygens (including phenoxy) is 1. The molecule has 1 heterocycles. The van der Waals surface area contributed by atoms with Crippen molar-refractivity contribution in [3.8, 4) is 16.9 Å². The first-order valence-electron chi connectivity index (χ1n) is 12.2. The highest BCUT2D eigenvalue weighted by atomic mass is 16.5. The van der Waals surface area contributed by atoms with E-state index in [0.717, 1.165) is 49.2 Å². The van der Waals surface area contributed by atoms with Crippen LogP contribution in [0.1, 0.15) is 54.0 Å². The van der Waals surface area contributed by atoms with Crippen LogP contribution >= 0.6 is 0 Å². The van der Waals surface area contributed by atoms with E-state index in [4.69, 9.17) is 4.74 Å². The fraction of sp³-hybridized carbons (Fsp3) is 0.323. The van der Waals surface area contributed by atoms with Gasteiger partial charge in [-0.2, -0.15) is 0 Å². The lowest BCUT2D eigenvalue weighted by atomic mass is 9.95. The third kappa shape index (κ3) is 5.31. The van der Waals surface area contributed by atoms with Crippen LogP contribution < -0.4 is 4.74 Å². The average molecular weight is 454 g/mol. The molecule has 3 aromatic rings. The first kappa shape index (κ1) is 24.0. The Labute approximate surface area is 204 Å². The van der Waals surface area contributed by atoms with Gasteiger partial charge in [-0.25, -0.2) is 0 Å². The molecule has 0 unspecified atom stereocenters. The van der Waals surface area contributed by atoms with Gasteiger partial charge >= 0.3 is 0 Å². The van der Waals surface area contributed by atoms with E-state index in [1.165, 1.54) is 27.8 Å². The van der Waals surface area contributed by atoms with Gasteiger partial charge in [-0.1, -0.05) is 73.2 Å². The number of hydrogen-bond donors (Lipinski definition) is 0. The van der Waals surface area contributed by atoms with Crippen LogP contribution in [0.3, 0.4) is 0 Å². The summed E-state index contributed by atoms with van der Waals surface area (Å²) in [6.07, 6.45) is 7.61. The molecule has 4 rings (SSSR count). The Hall–Kier alpha value is -3.17. The number of Topliss-reactive ketones (excluding diaryl/α,β-unsaturated/α-hetero) is 1. The Morgan fingerprint density at radius 3 is 2.50 bits per heavy atom. The number of ketones is 1. The van der Waals surface area contributed by atoms with Crippen LogP contribution in [-0.2, 0) is 11.3 Å². The molecule has 34 heavy (non-hydrogen) atoms. The zero-order valence-electron chi connectivity index (χ0n) is 20.8. The normalized spacial score (nSPS) is 16.6. The van der Waals surface area contributed by atoms with Crippen molar-refractivity contribution >= 4 is 17.9 Å². The fourth-order valence-corrected chi connectivity index (χ4v) is 5.06. The van der Waals surface area contributed by atoms with Crippen LogP contribution in [0, 0.1) is 13.8 Å². The van der Waals surface area contributed by atoms with E-state index >= 15 is 0 Å². The highest BCUT2D eigenvalue weighted by molar-refractivity contribution is 5.81. The monoisotopic (exact) mass is 453 g/mol. The van der Waals surface area contributed by atoms with Gasteiger partial charge in [0.15, 0.2) is 0 Å². The van der Waals surface area contributed by atoms with Crippen molar-refractivity contribution in [3.05, 3.63) is 88.5 Å². The second kappa shape index (κ2) is 10.8. The molecule has 0 bridgehead atoms. The maximum Gasteiger partial charge on any atom is 0.146 e. The molecule has 176 valence electrons. The second-order valence-electron chi connectivity index (χ2n) is 9.33. The van der Waals surface area contributed by atoms with Crippen molar-refractivity contribution in [2.45, 2.75) is 52.6 Å². The smallest absolute Gasteiger partial charge is 0.146 e. The first-order chi connectivity index (χ1) is 16.5. The molecule has 0 amide bonds. The Bertz CT molecular complexity index is 1180. The number of rotatable bonds is 7. The largest absolute Gasteiger partial charge is 0.496 e. The summed E-state index contributed by atoms with van der Waals surface area (Å²) in [5.41, 5.74) is 8.47. The van der Waals surface area contributed by atoms with Gasteiger partial charge in [-0.15, -0.1) is 0 Å². The number of methoxy groups -OCH3 is 1. The third-order valence-corrected chi connectivity index (χ3v) is 7.03. The highest BCUT2D eigenvalue weighted by Gasteiger charge is 2.26. The average Bonchev–Trinajstić information content (AvgIpc) is 2.85. The minimum Gasteiger partial charge on any atom is -0.496 e. The van der Waals surface area contributed by atoms with Crippen LogP contribution in [0.5, 0.6) is 5.75 Å². The van der Waals surface area contributed by atoms with Gasteiger partial charge in [-0.3, -0.25) is 9.69 Å². The van der Waals surface area contributed by atoms with E-state index in [2.05, 4.69) is 85.5 Å². The van der Waals surface area contributed by atoms with Crippen LogP contribution in [0.2, 0.25) is 0 Å². The second-order valence-corrected chi connectivity index (χ2v) is 9.33. The molecule has 0 saturated carbocycles. The molecule has 1 saturated heterocycles. The van der Waals surface area contributed by atoms with Gasteiger partial charge in [0, 0.05) is 12.1 Å². The lowest BCUT2D eigenvalue weighted by Gasteiger charge is -2.34. The number of aryl methyl sites for hydroxylation is 1. The number of carbonyl (C=O) groups excluding carboxylic acids is 1. The molecular formula is C31H35NO2. The number of likely N-dealkylation sites (tertiary alicyclic amines) is 1. The molecule has 1 aliphatic rings. The van der Waals surface area contributed by atoms with Crippen molar-refractivity contribution in [2.24, 2.45) is 0 Å². The molecule has 0 aliphatic carbocycles. The van der Waals surface area contributed by atoms with E-state index in [9.17, 15) is 4.79 Å². The van der Waals surface area contributed by atoms with Gasteiger partial charge in [0.05, 0.1) is 13.2 Å². The van der Waals surface area contributed by atoms with Crippen molar-refractivity contribution in [1.82, 2.24) is 4.90 Å². The number of benzene rings is 3. The zero-order chi connectivity index (χ0) is 24.1. The van der Waals surface area contributed by atoms with Crippen LogP contribution in [0.15, 0.2) is 60.7 Å². The third-order valence-electron chi connectivity index (χ3n) is 7.03. The summed E-state index contributed by atoms with van der Waals surface area (Å²) in [6.45, 7) is 7.76. The summed E-state index contributed by atoms with van der Waals surface area (Å²) in [4.78, 5) is 14.5. The minimum atomic E-state index is 0.0261. The molecule has 1 atom stereocenters. The van der Waals surface area contributed by atoms with Crippen molar-refractivity contribution in [1.29, 1.82) is 0 Å². The summed E-state index contributed by atoms with van der Waals surface area (Å²) in [7, 11) is 1.73. The molecule has 1 aliphatic heterocycles. The zero-order valence-corrected chi connectivity index (χ0v) is 20.8. The lowest BCUT2D eigenvalue weighted by molar-refractivity contribution is -0.123. The Balaban J connectivity index is 1.60. The predicted molar refractivity (Wildman–Crippen MR) is 142 cm³/mol. The van der Waals surface area contributed by atoms with Gasteiger partial charge < -0.3 is 4.74 Å². The number of hydrogen-bond acceptors (Lipinski definition) is 3. The summed E-state index contributed by atoms with van der Waals surface area (Å²) in [5.74, 6) is 1.15. The lowest BCUT2D eigenvalue weighted by Crippen LogP contribution is -2.43. The Morgan fingerprint density at radius 1 is 1.00 bits per heavy atom. The van der Waals surface area contributed by atoms with Gasteiger partial charge in [-0.05, 0) is 79.6 Å². The predicted octanol–water partition coefficient (Wildman–Crippen LogP) is 7.09. The van der Waals surface area contributed by atoms with Crippen LogP contribution in [0.4, 0.5) is 0 Å². The van der Waals surface area contributed by atoms with E-state index < -0.39 is 0 Å². The summed E-state index contributed by atoms with van der Waals surface area (Å²) >= 11 is 0. The molecule has 1 fully saturated rings. The SMILES string of the molecule is COc1cc(/C=C/c2cccc(-c3ccccc3)c2C)c(C)cc1CN1CCCC[C@H]1C(C)=O. The first-order valence-corrected chi connectivity index (χ1v) is 12.2. The molecule has 0 radical (unpaired) electrons. The molecule has 0 N–H and O–H groups in total. The maximum absolute atomic E-state index is 12.2. The van der Waals surface area contributed by atoms with Gasteiger partial charge in [0.25, 0.3) is 0 Å². The van der Waals surface area contributed by atoms with Crippen LogP contribution in [0.25, 0.3) is 23.3 Å². The highest BCUT2D eigenvalue weighted by Crippen LogP contribution is 2.30. The molecule has 0 aromatic heterocycles. The minimum absolute atomic E-state index is 0.0261. The molecule has 3 heteroatoms. The van der Waals surface area contributed by atoms with E-state index in [1.807, 2.05) is 6.07 Å². The summed E-state index contributed by atoms with van der Waals surface area (Å²) in [6, 6.07) is 21.4. The van der Waals surface area contributed by atoms with Crippen molar-refractivity contribution in [3.63, 3.8) is 0 Å². The number of carbonyl (C=O) groups is 1. The van der Waals surface area contributed by atoms with Crippen LogP contribution in [-0.4, -0.2) is 30.4 Å². The molecular weight excluding hydrogens is 418 g/mol. The molecule has 3 aromatic carbocycles. The van der Waals surface area contributed by atoms with Gasteiger partial charge in [0.2, 0.25) is 0 Å². The standard InChI is InChI=1S/C31H35NO2/c1-22-19-28(21-32-18-9-8-15-30(32)24(3)33)31(34-4)20-27(22)17-16-25-13-10-14-29(23(25)2)26-11-6-5-7-12-26/h5-7,10-14,16-17,19-20,30H,8-9,15,18,21H2,1-4H3/b17-16+/t30-/m0/s1. The van der Waals surface area contributed by atoms with Crippen molar-refractivity contribution in [2.75, 3.05) is 13.7 Å². The number of nitrogens with zero attached hydrogens (tertiary/aromatic N) is 1. The topological polar surface area (TPSA) is 29.5 Å².